The van der Waals surface area contributed by atoms with E-state index in [9.17, 15) is 4.79 Å². The molecule has 0 radical (unpaired) electrons. The Hall–Kier alpha value is -1.18. The van der Waals surface area contributed by atoms with Gasteiger partial charge in [-0.1, -0.05) is 6.92 Å². The molecule has 0 saturated carbocycles. The van der Waals surface area contributed by atoms with Gasteiger partial charge in [0.25, 0.3) is 0 Å². The summed E-state index contributed by atoms with van der Waals surface area (Å²) in [6, 6.07) is 0.0579. The summed E-state index contributed by atoms with van der Waals surface area (Å²) in [6.45, 7) is 12.1. The van der Waals surface area contributed by atoms with Crippen molar-refractivity contribution in [2.24, 2.45) is 0 Å². The van der Waals surface area contributed by atoms with Crippen LogP contribution in [0.4, 0.5) is 4.79 Å². The molecule has 2 heterocycles. The fourth-order valence-electron chi connectivity index (χ4n) is 2.67. The van der Waals surface area contributed by atoms with E-state index in [-0.39, 0.29) is 18.0 Å². The Morgan fingerprint density at radius 3 is 2.65 bits per heavy atom. The molecule has 0 bridgehead atoms. The fourth-order valence-corrected chi connectivity index (χ4v) is 3.50. The van der Waals surface area contributed by atoms with Gasteiger partial charge in [0, 0.05) is 62.3 Å². The number of rotatable bonds is 6. The molecule has 0 spiro atoms. The maximum Gasteiger partial charge on any atom is 0.315 e. The molecule has 0 unspecified atom stereocenters. The molecular formula is C16H29N5OS. The molecule has 0 aromatic carbocycles. The third kappa shape index (κ3) is 6.08. The number of urea groups is 1. The lowest BCUT2D eigenvalue weighted by Crippen LogP contribution is -2.51. The van der Waals surface area contributed by atoms with E-state index >= 15 is 0 Å². The van der Waals surface area contributed by atoms with Crippen molar-refractivity contribution in [2.75, 3.05) is 46.3 Å². The van der Waals surface area contributed by atoms with Crippen LogP contribution in [0.1, 0.15) is 29.7 Å². The van der Waals surface area contributed by atoms with Crippen LogP contribution in [0.5, 0.6) is 0 Å². The smallest absolute Gasteiger partial charge is 0.315 e. The number of nitrogens with one attached hydrogen (secondary N) is 2. The van der Waals surface area contributed by atoms with Gasteiger partial charge in [-0.2, -0.15) is 0 Å². The van der Waals surface area contributed by atoms with E-state index in [0.717, 1.165) is 37.7 Å². The number of nitrogens with zero attached hydrogens (tertiary/aromatic N) is 3. The Bertz CT molecular complexity index is 498. The standard InChI is InChI=1S/C16H29N5OS/c1-12(15-17-10-14(3)23-15)9-18-16(22)19-13(2)11-21-7-5-20(4)6-8-21/h10,12-13H,5-9,11H2,1-4H3,(H2,18,19,22)/t12-,13-/m0/s1. The molecule has 1 aromatic heterocycles. The molecule has 7 heteroatoms. The number of carbonyl (C=O) groups is 1. The van der Waals surface area contributed by atoms with E-state index in [1.54, 1.807) is 11.3 Å². The molecule has 1 fully saturated rings. The van der Waals surface area contributed by atoms with Gasteiger partial charge >= 0.3 is 6.03 Å². The first-order valence-corrected chi connectivity index (χ1v) is 9.13. The zero-order chi connectivity index (χ0) is 16.8. The van der Waals surface area contributed by atoms with Crippen LogP contribution in [0, 0.1) is 6.92 Å². The van der Waals surface area contributed by atoms with Crippen molar-refractivity contribution in [2.45, 2.75) is 32.7 Å². The minimum atomic E-state index is -0.0910. The molecule has 1 saturated heterocycles. The lowest BCUT2D eigenvalue weighted by Gasteiger charge is -2.34. The molecule has 1 aromatic rings. The van der Waals surface area contributed by atoms with Crippen molar-refractivity contribution in [3.05, 3.63) is 16.1 Å². The van der Waals surface area contributed by atoms with Crippen molar-refractivity contribution < 1.29 is 4.79 Å². The molecule has 2 N–H and O–H groups in total. The molecule has 0 aliphatic carbocycles. The Kier molecular flexibility index (Phi) is 6.80. The highest BCUT2D eigenvalue weighted by Gasteiger charge is 2.17. The Labute approximate surface area is 143 Å². The molecule has 2 atom stereocenters. The summed E-state index contributed by atoms with van der Waals surface area (Å²) >= 11 is 1.69. The predicted molar refractivity (Wildman–Crippen MR) is 95.2 cm³/mol. The van der Waals surface area contributed by atoms with Crippen LogP contribution in [0.2, 0.25) is 0 Å². The largest absolute Gasteiger partial charge is 0.337 e. The predicted octanol–water partition coefficient (Wildman–Crippen LogP) is 1.49. The number of aryl methyl sites for hydroxylation is 1. The number of hydrogen-bond acceptors (Lipinski definition) is 5. The van der Waals surface area contributed by atoms with Gasteiger partial charge in [-0.25, -0.2) is 9.78 Å². The molecule has 6 nitrogen and oxygen atoms in total. The van der Waals surface area contributed by atoms with Crippen molar-refractivity contribution in [1.82, 2.24) is 25.4 Å². The number of aromatic nitrogens is 1. The average Bonchev–Trinajstić information content (AvgIpc) is 2.94. The normalized spacial score (nSPS) is 19.3. The lowest BCUT2D eigenvalue weighted by molar-refractivity contribution is 0.144. The highest BCUT2D eigenvalue weighted by Crippen LogP contribution is 2.20. The lowest BCUT2D eigenvalue weighted by atomic mass is 10.2. The number of carbonyl (C=O) groups excluding carboxylic acids is 1. The summed E-state index contributed by atoms with van der Waals surface area (Å²) < 4.78 is 0. The first kappa shape index (κ1) is 18.2. The summed E-state index contributed by atoms with van der Waals surface area (Å²) in [5.41, 5.74) is 0. The number of thiazole rings is 1. The fraction of sp³-hybridized carbons (Fsp3) is 0.750. The number of piperazine rings is 1. The van der Waals surface area contributed by atoms with Crippen molar-refractivity contribution in [3.8, 4) is 0 Å². The second-order valence-electron chi connectivity index (χ2n) is 6.57. The van der Waals surface area contributed by atoms with Gasteiger partial charge in [-0.05, 0) is 20.9 Å². The number of amides is 2. The molecule has 2 rings (SSSR count). The van der Waals surface area contributed by atoms with Crippen molar-refractivity contribution >= 4 is 17.4 Å². The molecule has 1 aliphatic heterocycles. The summed E-state index contributed by atoms with van der Waals surface area (Å²) in [4.78, 5) is 22.3. The first-order valence-electron chi connectivity index (χ1n) is 8.31. The quantitative estimate of drug-likeness (QED) is 0.824. The third-order valence-corrected chi connectivity index (χ3v) is 5.28. The molecular weight excluding hydrogens is 310 g/mol. The van der Waals surface area contributed by atoms with Gasteiger partial charge in [0.05, 0.1) is 5.01 Å². The molecule has 2 amide bonds. The number of likely N-dealkylation sites (N-methyl/N-ethyl adjacent to an activating group) is 1. The second kappa shape index (κ2) is 8.61. The molecule has 23 heavy (non-hydrogen) atoms. The monoisotopic (exact) mass is 339 g/mol. The zero-order valence-electron chi connectivity index (χ0n) is 14.6. The minimum absolute atomic E-state index is 0.0910. The van der Waals surface area contributed by atoms with Gasteiger partial charge in [0.1, 0.15) is 0 Å². The maximum absolute atomic E-state index is 12.0. The van der Waals surface area contributed by atoms with E-state index in [1.807, 2.05) is 13.1 Å². The minimum Gasteiger partial charge on any atom is -0.337 e. The van der Waals surface area contributed by atoms with Crippen LogP contribution >= 0.6 is 11.3 Å². The van der Waals surface area contributed by atoms with Crippen LogP contribution < -0.4 is 10.6 Å². The maximum atomic E-state index is 12.0. The van der Waals surface area contributed by atoms with Crippen LogP contribution in [-0.4, -0.2) is 73.2 Å². The third-order valence-electron chi connectivity index (χ3n) is 4.13. The van der Waals surface area contributed by atoms with E-state index < -0.39 is 0 Å². The SMILES string of the molecule is Cc1cnc([C@@H](C)CNC(=O)N[C@@H](C)CN2CCN(C)CC2)s1. The summed E-state index contributed by atoms with van der Waals surface area (Å²) in [6.07, 6.45) is 1.88. The van der Waals surface area contributed by atoms with E-state index in [2.05, 4.69) is 46.3 Å². The topological polar surface area (TPSA) is 60.5 Å². The van der Waals surface area contributed by atoms with Crippen LogP contribution in [-0.2, 0) is 0 Å². The Morgan fingerprint density at radius 1 is 1.35 bits per heavy atom. The Balaban J connectivity index is 1.65. The zero-order valence-corrected chi connectivity index (χ0v) is 15.4. The van der Waals surface area contributed by atoms with Gasteiger partial charge < -0.3 is 15.5 Å². The molecule has 130 valence electrons. The average molecular weight is 340 g/mol. The highest BCUT2D eigenvalue weighted by atomic mass is 32.1. The van der Waals surface area contributed by atoms with Crippen LogP contribution in [0.3, 0.4) is 0 Å². The van der Waals surface area contributed by atoms with Gasteiger partial charge in [0.15, 0.2) is 0 Å². The van der Waals surface area contributed by atoms with E-state index in [0.29, 0.717) is 6.54 Å². The summed E-state index contributed by atoms with van der Waals surface area (Å²) in [5, 5.41) is 7.06. The Morgan fingerprint density at radius 2 is 2.04 bits per heavy atom. The van der Waals surface area contributed by atoms with Crippen molar-refractivity contribution in [3.63, 3.8) is 0 Å². The van der Waals surface area contributed by atoms with Gasteiger partial charge in [0.2, 0.25) is 0 Å². The summed E-state index contributed by atoms with van der Waals surface area (Å²) in [5.74, 6) is 0.243. The van der Waals surface area contributed by atoms with Gasteiger partial charge in [-0.3, -0.25) is 4.90 Å². The second-order valence-corrected chi connectivity index (χ2v) is 7.84. The van der Waals surface area contributed by atoms with Crippen molar-refractivity contribution in [1.29, 1.82) is 0 Å². The van der Waals surface area contributed by atoms with E-state index in [1.165, 1.54) is 4.88 Å². The summed E-state index contributed by atoms with van der Waals surface area (Å²) in [7, 11) is 2.15. The van der Waals surface area contributed by atoms with E-state index in [4.69, 9.17) is 0 Å². The highest BCUT2D eigenvalue weighted by molar-refractivity contribution is 7.11. The van der Waals surface area contributed by atoms with Crippen LogP contribution in [0.15, 0.2) is 6.20 Å². The number of hydrogen-bond donors (Lipinski definition) is 2. The van der Waals surface area contributed by atoms with Crippen LogP contribution in [0.25, 0.3) is 0 Å². The molecule has 1 aliphatic rings. The van der Waals surface area contributed by atoms with Gasteiger partial charge in [-0.15, -0.1) is 11.3 Å². The first-order chi connectivity index (χ1) is 10.9.